The Morgan fingerprint density at radius 3 is 2.48 bits per heavy atom. The number of thioether (sulfide) groups is 1. The van der Waals surface area contributed by atoms with Crippen molar-refractivity contribution in [2.75, 3.05) is 6.26 Å². The van der Waals surface area contributed by atoms with Gasteiger partial charge in [-0.05, 0) is 58.9 Å². The van der Waals surface area contributed by atoms with Crippen LogP contribution in [0.1, 0.15) is 28.9 Å². The summed E-state index contributed by atoms with van der Waals surface area (Å²) in [5, 5.41) is 2.82. The summed E-state index contributed by atoms with van der Waals surface area (Å²) in [6.45, 7) is 1.88. The molecule has 1 N–H and O–H groups in total. The van der Waals surface area contributed by atoms with Crippen LogP contribution >= 0.6 is 27.7 Å². The van der Waals surface area contributed by atoms with Crippen molar-refractivity contribution >= 4 is 33.6 Å². The summed E-state index contributed by atoms with van der Waals surface area (Å²) in [6, 6.07) is 12.2. The number of hydrogen-bond acceptors (Lipinski definition) is 2. The highest BCUT2D eigenvalue weighted by Gasteiger charge is 2.17. The van der Waals surface area contributed by atoms with Gasteiger partial charge in [-0.3, -0.25) is 4.79 Å². The summed E-state index contributed by atoms with van der Waals surface area (Å²) in [7, 11) is 0. The molecule has 0 aliphatic carbocycles. The fourth-order valence-corrected chi connectivity index (χ4v) is 2.89. The minimum absolute atomic E-state index is 0.0325. The highest BCUT2D eigenvalue weighted by Crippen LogP contribution is 2.22. The Bertz CT molecular complexity index is 625. The molecule has 0 aliphatic heterocycles. The molecule has 21 heavy (non-hydrogen) atoms. The van der Waals surface area contributed by atoms with Crippen molar-refractivity contribution in [1.29, 1.82) is 0 Å². The summed E-state index contributed by atoms with van der Waals surface area (Å²) < 4.78 is 14.2. The van der Waals surface area contributed by atoms with Gasteiger partial charge in [-0.2, -0.15) is 0 Å². The predicted octanol–water partition coefficient (Wildman–Crippen LogP) is 4.80. The topological polar surface area (TPSA) is 29.1 Å². The van der Waals surface area contributed by atoms with Gasteiger partial charge in [0.1, 0.15) is 5.82 Å². The molecule has 0 heterocycles. The summed E-state index contributed by atoms with van der Waals surface area (Å²) in [6.07, 6.45) is 2.01. The van der Waals surface area contributed by atoms with Crippen LogP contribution in [0, 0.1) is 5.82 Å². The first-order chi connectivity index (χ1) is 10.0. The van der Waals surface area contributed by atoms with Crippen LogP contribution in [0.15, 0.2) is 51.8 Å². The van der Waals surface area contributed by atoms with E-state index in [1.54, 1.807) is 23.9 Å². The monoisotopic (exact) mass is 367 g/mol. The second kappa shape index (κ2) is 7.09. The Labute approximate surface area is 136 Å². The summed E-state index contributed by atoms with van der Waals surface area (Å²) >= 11 is 4.87. The van der Waals surface area contributed by atoms with Gasteiger partial charge in [0.05, 0.1) is 11.6 Å². The minimum Gasteiger partial charge on any atom is -0.345 e. The Morgan fingerprint density at radius 1 is 1.24 bits per heavy atom. The predicted molar refractivity (Wildman–Crippen MR) is 88.2 cm³/mol. The highest BCUT2D eigenvalue weighted by molar-refractivity contribution is 9.10. The second-order valence-corrected chi connectivity index (χ2v) is 6.30. The molecule has 0 aliphatic rings. The number of hydrogen-bond donors (Lipinski definition) is 1. The minimum atomic E-state index is -0.535. The molecule has 0 fully saturated rings. The third kappa shape index (κ3) is 3.86. The molecule has 0 radical (unpaired) electrons. The lowest BCUT2D eigenvalue weighted by molar-refractivity contribution is 0.0935. The molecule has 1 amide bonds. The van der Waals surface area contributed by atoms with Gasteiger partial charge in [-0.1, -0.05) is 18.2 Å². The smallest absolute Gasteiger partial charge is 0.255 e. The Morgan fingerprint density at radius 2 is 1.90 bits per heavy atom. The molecule has 0 spiro atoms. The van der Waals surface area contributed by atoms with Crippen LogP contribution in [0.2, 0.25) is 0 Å². The number of rotatable bonds is 4. The average molecular weight is 368 g/mol. The normalized spacial score (nSPS) is 12.0. The number of nitrogens with one attached hydrogen (secondary N) is 1. The third-order valence-electron chi connectivity index (χ3n) is 3.15. The number of benzene rings is 2. The molecule has 0 bridgehead atoms. The van der Waals surface area contributed by atoms with E-state index < -0.39 is 11.7 Å². The Hall–Kier alpha value is -1.33. The maximum Gasteiger partial charge on any atom is 0.255 e. The highest BCUT2D eigenvalue weighted by atomic mass is 79.9. The van der Waals surface area contributed by atoms with Crippen molar-refractivity contribution in [2.45, 2.75) is 17.9 Å². The van der Waals surface area contributed by atoms with E-state index in [-0.39, 0.29) is 11.6 Å². The first-order valence-corrected chi connectivity index (χ1v) is 8.43. The standard InChI is InChI=1S/C16H15BrFNOS/c1-10(11-6-8-12(21-2)9-7-11)19-16(20)15-13(17)4-3-5-14(15)18/h3-10H,1-2H3,(H,19,20). The number of amides is 1. The maximum atomic E-state index is 13.8. The number of carbonyl (C=O) groups excluding carboxylic acids is 1. The molecule has 5 heteroatoms. The van der Waals surface area contributed by atoms with Gasteiger partial charge in [0.2, 0.25) is 0 Å². The third-order valence-corrected chi connectivity index (χ3v) is 4.56. The summed E-state index contributed by atoms with van der Waals surface area (Å²) in [4.78, 5) is 13.4. The van der Waals surface area contributed by atoms with Gasteiger partial charge in [0.25, 0.3) is 5.91 Å². The zero-order chi connectivity index (χ0) is 15.4. The molecule has 1 unspecified atom stereocenters. The van der Waals surface area contributed by atoms with E-state index in [1.165, 1.54) is 6.07 Å². The van der Waals surface area contributed by atoms with Gasteiger partial charge in [0, 0.05) is 9.37 Å². The van der Waals surface area contributed by atoms with Crippen LogP contribution in [-0.4, -0.2) is 12.2 Å². The molecule has 1 atom stereocenters. The fraction of sp³-hybridized carbons (Fsp3) is 0.188. The largest absolute Gasteiger partial charge is 0.345 e. The van der Waals surface area contributed by atoms with Gasteiger partial charge in [-0.15, -0.1) is 11.8 Å². The lowest BCUT2D eigenvalue weighted by atomic mass is 10.1. The van der Waals surface area contributed by atoms with Crippen molar-refractivity contribution in [3.8, 4) is 0 Å². The van der Waals surface area contributed by atoms with Gasteiger partial charge in [-0.25, -0.2) is 4.39 Å². The van der Waals surface area contributed by atoms with Crippen LogP contribution < -0.4 is 5.32 Å². The molecule has 2 aromatic carbocycles. The van der Waals surface area contributed by atoms with E-state index in [2.05, 4.69) is 21.2 Å². The van der Waals surface area contributed by atoms with Crippen LogP contribution in [0.3, 0.4) is 0 Å². The lowest BCUT2D eigenvalue weighted by Crippen LogP contribution is -2.27. The molecule has 2 nitrogen and oxygen atoms in total. The quantitative estimate of drug-likeness (QED) is 0.786. The molecular weight excluding hydrogens is 353 g/mol. The molecule has 2 aromatic rings. The molecule has 110 valence electrons. The first kappa shape index (κ1) is 16.0. The zero-order valence-electron chi connectivity index (χ0n) is 11.7. The van der Waals surface area contributed by atoms with E-state index in [1.807, 2.05) is 37.4 Å². The number of carbonyl (C=O) groups is 1. The van der Waals surface area contributed by atoms with Crippen molar-refractivity contribution in [3.63, 3.8) is 0 Å². The lowest BCUT2D eigenvalue weighted by Gasteiger charge is -2.15. The summed E-state index contributed by atoms with van der Waals surface area (Å²) in [5.74, 6) is -0.965. The average Bonchev–Trinajstić information content (AvgIpc) is 2.47. The van der Waals surface area contributed by atoms with Crippen molar-refractivity contribution in [3.05, 3.63) is 63.9 Å². The van der Waals surface area contributed by atoms with E-state index >= 15 is 0 Å². The van der Waals surface area contributed by atoms with Crippen LogP contribution in [-0.2, 0) is 0 Å². The van der Waals surface area contributed by atoms with Gasteiger partial charge >= 0.3 is 0 Å². The fourth-order valence-electron chi connectivity index (χ4n) is 1.96. The first-order valence-electron chi connectivity index (χ1n) is 6.41. The zero-order valence-corrected chi connectivity index (χ0v) is 14.1. The van der Waals surface area contributed by atoms with Crippen LogP contribution in [0.5, 0.6) is 0 Å². The molecule has 2 rings (SSSR count). The summed E-state index contributed by atoms with van der Waals surface area (Å²) in [5.41, 5.74) is 1.01. The van der Waals surface area contributed by atoms with Gasteiger partial charge < -0.3 is 5.32 Å². The van der Waals surface area contributed by atoms with E-state index in [0.29, 0.717) is 4.47 Å². The molecular formula is C16H15BrFNOS. The number of halogens is 2. The molecule has 0 saturated carbocycles. The van der Waals surface area contributed by atoms with Crippen LogP contribution in [0.25, 0.3) is 0 Å². The van der Waals surface area contributed by atoms with Crippen LogP contribution in [0.4, 0.5) is 4.39 Å². The van der Waals surface area contributed by atoms with Crippen molar-refractivity contribution in [2.24, 2.45) is 0 Å². The van der Waals surface area contributed by atoms with E-state index in [4.69, 9.17) is 0 Å². The van der Waals surface area contributed by atoms with Crippen molar-refractivity contribution in [1.82, 2.24) is 5.32 Å². The van der Waals surface area contributed by atoms with E-state index in [9.17, 15) is 9.18 Å². The van der Waals surface area contributed by atoms with E-state index in [0.717, 1.165) is 10.5 Å². The SMILES string of the molecule is CSc1ccc(C(C)NC(=O)c2c(F)cccc2Br)cc1. The molecule has 0 saturated heterocycles. The second-order valence-electron chi connectivity index (χ2n) is 4.56. The Kier molecular flexibility index (Phi) is 5.42. The van der Waals surface area contributed by atoms with Gasteiger partial charge in [0.15, 0.2) is 0 Å². The van der Waals surface area contributed by atoms with Crippen molar-refractivity contribution < 1.29 is 9.18 Å². The molecule has 0 aromatic heterocycles. The maximum absolute atomic E-state index is 13.8. The Balaban J connectivity index is 2.15.